The van der Waals surface area contributed by atoms with E-state index in [1.807, 2.05) is 12.1 Å². The summed E-state index contributed by atoms with van der Waals surface area (Å²) in [5.74, 6) is 0.551. The Labute approximate surface area is 119 Å². The van der Waals surface area contributed by atoms with Crippen LogP contribution in [0.4, 0.5) is 17.4 Å². The van der Waals surface area contributed by atoms with Crippen LogP contribution in [0.5, 0.6) is 0 Å². The molecule has 0 saturated carbocycles. The first-order chi connectivity index (χ1) is 9.76. The molecule has 2 rings (SSSR count). The van der Waals surface area contributed by atoms with Crippen molar-refractivity contribution in [1.29, 1.82) is 0 Å². The molecular formula is C14H21N5O. The number of nitrogens with zero attached hydrogens (tertiary/aromatic N) is 3. The molecule has 0 unspecified atom stereocenters. The monoisotopic (exact) mass is 275 g/mol. The van der Waals surface area contributed by atoms with E-state index >= 15 is 0 Å². The summed E-state index contributed by atoms with van der Waals surface area (Å²) in [6.07, 6.45) is 0.593. The molecule has 0 aliphatic carbocycles. The van der Waals surface area contributed by atoms with Crippen molar-refractivity contribution in [3.63, 3.8) is 0 Å². The number of rotatable bonds is 7. The van der Waals surface area contributed by atoms with Gasteiger partial charge in [-0.3, -0.25) is 0 Å². The zero-order chi connectivity index (χ0) is 14.4. The van der Waals surface area contributed by atoms with Gasteiger partial charge >= 0.3 is 6.01 Å². The van der Waals surface area contributed by atoms with Gasteiger partial charge in [0.15, 0.2) is 0 Å². The Bertz CT molecular complexity index is 519. The molecule has 0 bridgehead atoms. The van der Waals surface area contributed by atoms with E-state index < -0.39 is 0 Å². The molecule has 1 aromatic carbocycles. The molecule has 108 valence electrons. The van der Waals surface area contributed by atoms with E-state index in [-0.39, 0.29) is 0 Å². The number of hydrogen-bond acceptors (Lipinski definition) is 6. The van der Waals surface area contributed by atoms with E-state index in [0.29, 0.717) is 24.9 Å². The molecule has 3 N–H and O–H groups in total. The Hall–Kier alpha value is -2.08. The van der Waals surface area contributed by atoms with Crippen LogP contribution in [0.2, 0.25) is 0 Å². The van der Waals surface area contributed by atoms with E-state index in [0.717, 1.165) is 18.8 Å². The van der Waals surface area contributed by atoms with Gasteiger partial charge in [0.2, 0.25) is 5.89 Å². The Morgan fingerprint density at radius 3 is 2.45 bits per heavy atom. The van der Waals surface area contributed by atoms with Crippen LogP contribution in [0.25, 0.3) is 0 Å². The minimum atomic E-state index is 0.393. The third-order valence-corrected chi connectivity index (χ3v) is 3.07. The predicted octanol–water partition coefficient (Wildman–Crippen LogP) is 2.16. The number of anilines is 3. The predicted molar refractivity (Wildman–Crippen MR) is 80.3 cm³/mol. The first kappa shape index (κ1) is 14.3. The van der Waals surface area contributed by atoms with Crippen LogP contribution >= 0.6 is 0 Å². The van der Waals surface area contributed by atoms with Gasteiger partial charge in [0, 0.05) is 37.4 Å². The van der Waals surface area contributed by atoms with Gasteiger partial charge in [-0.05, 0) is 38.1 Å². The molecule has 20 heavy (non-hydrogen) atoms. The molecule has 1 aromatic heterocycles. The number of nitrogens with one attached hydrogen (secondary N) is 1. The van der Waals surface area contributed by atoms with Crippen molar-refractivity contribution in [1.82, 2.24) is 10.2 Å². The molecule has 6 nitrogen and oxygen atoms in total. The molecule has 0 saturated heterocycles. The lowest BCUT2D eigenvalue weighted by Crippen LogP contribution is -2.21. The Kier molecular flexibility index (Phi) is 4.95. The van der Waals surface area contributed by atoms with Crippen LogP contribution in [0, 0.1) is 0 Å². The maximum atomic E-state index is 5.44. The quantitative estimate of drug-likeness (QED) is 0.806. The second kappa shape index (κ2) is 6.91. The van der Waals surface area contributed by atoms with Crippen LogP contribution < -0.4 is 16.0 Å². The van der Waals surface area contributed by atoms with E-state index in [2.05, 4.69) is 46.4 Å². The molecule has 0 amide bonds. The Balaban J connectivity index is 2.02. The molecule has 6 heteroatoms. The van der Waals surface area contributed by atoms with Crippen molar-refractivity contribution in [3.05, 3.63) is 30.2 Å². The second-order valence-electron chi connectivity index (χ2n) is 4.38. The van der Waals surface area contributed by atoms with Crippen molar-refractivity contribution >= 4 is 17.4 Å². The van der Waals surface area contributed by atoms with Gasteiger partial charge in [0.05, 0.1) is 0 Å². The summed E-state index contributed by atoms with van der Waals surface area (Å²) in [7, 11) is 0. The van der Waals surface area contributed by atoms with Gasteiger partial charge in [-0.15, -0.1) is 5.10 Å². The van der Waals surface area contributed by atoms with Crippen molar-refractivity contribution in [2.24, 2.45) is 5.73 Å². The summed E-state index contributed by atoms with van der Waals surface area (Å²) in [4.78, 5) is 2.29. The van der Waals surface area contributed by atoms with Crippen molar-refractivity contribution in [2.75, 3.05) is 29.9 Å². The van der Waals surface area contributed by atoms with Gasteiger partial charge in [0.1, 0.15) is 0 Å². The minimum absolute atomic E-state index is 0.393. The van der Waals surface area contributed by atoms with Crippen LogP contribution in [-0.2, 0) is 6.42 Å². The number of benzene rings is 1. The van der Waals surface area contributed by atoms with E-state index in [1.54, 1.807) is 0 Å². The summed E-state index contributed by atoms with van der Waals surface area (Å²) < 4.78 is 5.42. The third kappa shape index (κ3) is 3.48. The molecule has 0 atom stereocenters. The molecule has 0 fully saturated rings. The fraction of sp³-hybridized carbons (Fsp3) is 0.429. The maximum absolute atomic E-state index is 5.44. The number of nitrogens with two attached hydrogens (primary N) is 1. The summed E-state index contributed by atoms with van der Waals surface area (Å²) in [6.45, 7) is 6.78. The summed E-state index contributed by atoms with van der Waals surface area (Å²) in [5, 5.41) is 10.9. The van der Waals surface area contributed by atoms with E-state index in [4.69, 9.17) is 10.2 Å². The highest BCUT2D eigenvalue weighted by Gasteiger charge is 2.06. The number of aromatic nitrogens is 2. The molecular weight excluding hydrogens is 254 g/mol. The Morgan fingerprint density at radius 1 is 1.15 bits per heavy atom. The minimum Gasteiger partial charge on any atom is -0.408 e. The summed E-state index contributed by atoms with van der Waals surface area (Å²) in [6, 6.07) is 8.55. The lowest BCUT2D eigenvalue weighted by atomic mass is 10.2. The summed E-state index contributed by atoms with van der Waals surface area (Å²) >= 11 is 0. The molecule has 1 heterocycles. The average Bonchev–Trinajstić information content (AvgIpc) is 2.90. The molecule has 0 aliphatic rings. The first-order valence-electron chi connectivity index (χ1n) is 6.91. The zero-order valence-electron chi connectivity index (χ0n) is 12.0. The van der Waals surface area contributed by atoms with Crippen molar-refractivity contribution in [2.45, 2.75) is 20.3 Å². The van der Waals surface area contributed by atoms with Gasteiger partial charge in [-0.1, -0.05) is 5.10 Å². The van der Waals surface area contributed by atoms with Gasteiger partial charge in [0.25, 0.3) is 0 Å². The zero-order valence-corrected chi connectivity index (χ0v) is 12.0. The number of hydrogen-bond donors (Lipinski definition) is 2. The normalized spacial score (nSPS) is 10.6. The Morgan fingerprint density at radius 2 is 1.85 bits per heavy atom. The topological polar surface area (TPSA) is 80.2 Å². The van der Waals surface area contributed by atoms with Crippen molar-refractivity contribution < 1.29 is 4.42 Å². The molecule has 0 spiro atoms. The second-order valence-corrected chi connectivity index (χ2v) is 4.38. The van der Waals surface area contributed by atoms with E-state index in [9.17, 15) is 0 Å². The van der Waals surface area contributed by atoms with Crippen LogP contribution in [0.1, 0.15) is 19.7 Å². The largest absolute Gasteiger partial charge is 0.408 e. The highest BCUT2D eigenvalue weighted by atomic mass is 16.4. The molecule has 0 aliphatic heterocycles. The van der Waals surface area contributed by atoms with E-state index in [1.165, 1.54) is 5.69 Å². The summed E-state index contributed by atoms with van der Waals surface area (Å²) in [5.41, 5.74) is 7.56. The molecule has 0 radical (unpaired) electrons. The maximum Gasteiger partial charge on any atom is 0.320 e. The fourth-order valence-corrected chi connectivity index (χ4v) is 2.00. The van der Waals surface area contributed by atoms with Gasteiger partial charge < -0.3 is 20.4 Å². The SMILES string of the molecule is CCN(CC)c1ccc(Nc2nnc(CCN)o2)cc1. The highest BCUT2D eigenvalue weighted by molar-refractivity contribution is 5.58. The lowest BCUT2D eigenvalue weighted by molar-refractivity contribution is 0.510. The standard InChI is InChI=1S/C14H21N5O/c1-3-19(4-2)12-7-5-11(6-8-12)16-14-18-17-13(20-14)9-10-15/h5-8H,3-4,9-10,15H2,1-2H3,(H,16,18). The first-order valence-corrected chi connectivity index (χ1v) is 6.91. The fourth-order valence-electron chi connectivity index (χ4n) is 2.00. The lowest BCUT2D eigenvalue weighted by Gasteiger charge is -2.21. The smallest absolute Gasteiger partial charge is 0.320 e. The van der Waals surface area contributed by atoms with Gasteiger partial charge in [-0.2, -0.15) is 0 Å². The van der Waals surface area contributed by atoms with Crippen LogP contribution in [-0.4, -0.2) is 29.8 Å². The average molecular weight is 275 g/mol. The van der Waals surface area contributed by atoms with Crippen LogP contribution in [0.15, 0.2) is 28.7 Å². The van der Waals surface area contributed by atoms with Crippen molar-refractivity contribution in [3.8, 4) is 0 Å². The third-order valence-electron chi connectivity index (χ3n) is 3.07. The molecule has 2 aromatic rings. The van der Waals surface area contributed by atoms with Gasteiger partial charge in [-0.25, -0.2) is 0 Å². The highest BCUT2D eigenvalue weighted by Crippen LogP contribution is 2.20. The van der Waals surface area contributed by atoms with Crippen LogP contribution in [0.3, 0.4) is 0 Å².